The van der Waals surface area contributed by atoms with E-state index in [0.29, 0.717) is 31.2 Å². The Morgan fingerprint density at radius 1 is 1.17 bits per heavy atom. The molecule has 1 saturated heterocycles. The van der Waals surface area contributed by atoms with Crippen LogP contribution < -0.4 is 19.7 Å². The molecule has 1 fully saturated rings. The number of thiazole rings is 1. The van der Waals surface area contributed by atoms with Crippen LogP contribution in [0.3, 0.4) is 0 Å². The lowest BCUT2D eigenvalue weighted by Crippen LogP contribution is -2.36. The Balaban J connectivity index is 1.58. The maximum absolute atomic E-state index is 12.7. The first kappa shape index (κ1) is 21.4. The number of aromatic nitrogens is 1. The molecule has 0 atom stereocenters. The second-order valence-corrected chi connectivity index (χ2v) is 7.80. The predicted molar refractivity (Wildman–Crippen MR) is 118 cm³/mol. The fourth-order valence-corrected chi connectivity index (χ4v) is 4.20. The van der Waals surface area contributed by atoms with E-state index in [1.54, 1.807) is 11.3 Å². The Morgan fingerprint density at radius 2 is 2.00 bits per heavy atom. The SMILES string of the molecule is CCOc1ccc(OCC)c(NC(=O)CN2CCCN(c3nc(C)cs3)CC2)c1. The molecule has 1 aromatic heterocycles. The summed E-state index contributed by atoms with van der Waals surface area (Å²) in [5.41, 5.74) is 1.71. The van der Waals surface area contributed by atoms with Crippen molar-refractivity contribution in [2.45, 2.75) is 27.2 Å². The van der Waals surface area contributed by atoms with Crippen molar-refractivity contribution in [3.63, 3.8) is 0 Å². The number of nitrogens with one attached hydrogen (secondary N) is 1. The topological polar surface area (TPSA) is 66.9 Å². The van der Waals surface area contributed by atoms with Gasteiger partial charge < -0.3 is 19.7 Å². The quantitative estimate of drug-likeness (QED) is 0.709. The Kier molecular flexibility index (Phi) is 7.71. The van der Waals surface area contributed by atoms with E-state index < -0.39 is 0 Å². The van der Waals surface area contributed by atoms with Gasteiger partial charge in [0.05, 0.1) is 31.1 Å². The normalized spacial score (nSPS) is 15.1. The van der Waals surface area contributed by atoms with Gasteiger partial charge in [0.15, 0.2) is 5.13 Å². The van der Waals surface area contributed by atoms with E-state index in [9.17, 15) is 4.79 Å². The molecule has 0 bridgehead atoms. The van der Waals surface area contributed by atoms with E-state index in [2.05, 4.69) is 25.5 Å². The molecule has 0 aliphatic carbocycles. The van der Waals surface area contributed by atoms with Gasteiger partial charge in [0, 0.05) is 37.6 Å². The first-order chi connectivity index (χ1) is 14.1. The average molecular weight is 419 g/mol. The summed E-state index contributed by atoms with van der Waals surface area (Å²) in [6.45, 7) is 10.9. The molecule has 1 aliphatic heterocycles. The van der Waals surface area contributed by atoms with Gasteiger partial charge in [-0.05, 0) is 39.3 Å². The molecule has 1 aliphatic rings. The van der Waals surface area contributed by atoms with Crippen molar-refractivity contribution in [3.05, 3.63) is 29.3 Å². The highest BCUT2D eigenvalue weighted by Gasteiger charge is 2.19. The highest BCUT2D eigenvalue weighted by atomic mass is 32.1. The number of hydrogen-bond acceptors (Lipinski definition) is 7. The van der Waals surface area contributed by atoms with Crippen LogP contribution in [0.1, 0.15) is 26.0 Å². The minimum atomic E-state index is -0.0434. The van der Waals surface area contributed by atoms with Crippen molar-refractivity contribution in [1.29, 1.82) is 0 Å². The summed E-state index contributed by atoms with van der Waals surface area (Å²) in [5.74, 6) is 1.33. The summed E-state index contributed by atoms with van der Waals surface area (Å²) in [6.07, 6.45) is 1.01. The molecule has 2 heterocycles. The van der Waals surface area contributed by atoms with Gasteiger partial charge in [-0.2, -0.15) is 0 Å². The molecular weight excluding hydrogens is 388 g/mol. The van der Waals surface area contributed by atoms with Gasteiger partial charge in [-0.3, -0.25) is 9.69 Å². The van der Waals surface area contributed by atoms with Crippen LogP contribution in [0.15, 0.2) is 23.6 Å². The van der Waals surface area contributed by atoms with Crippen LogP contribution in [0.25, 0.3) is 0 Å². The summed E-state index contributed by atoms with van der Waals surface area (Å²) >= 11 is 1.68. The number of hydrogen-bond donors (Lipinski definition) is 1. The lowest BCUT2D eigenvalue weighted by atomic mass is 10.2. The molecule has 1 aromatic carbocycles. The Morgan fingerprint density at radius 3 is 2.72 bits per heavy atom. The molecule has 0 saturated carbocycles. The van der Waals surface area contributed by atoms with E-state index in [1.807, 2.05) is 39.0 Å². The molecule has 0 radical (unpaired) electrons. The van der Waals surface area contributed by atoms with Crippen molar-refractivity contribution in [2.24, 2.45) is 0 Å². The molecule has 8 heteroatoms. The van der Waals surface area contributed by atoms with Crippen molar-refractivity contribution >= 4 is 28.1 Å². The Labute approximate surface area is 176 Å². The zero-order chi connectivity index (χ0) is 20.6. The number of benzene rings is 1. The first-order valence-corrected chi connectivity index (χ1v) is 11.1. The number of carbonyl (C=O) groups is 1. The van der Waals surface area contributed by atoms with E-state index in [0.717, 1.165) is 49.2 Å². The van der Waals surface area contributed by atoms with Crippen LogP contribution in [-0.4, -0.2) is 61.7 Å². The van der Waals surface area contributed by atoms with Gasteiger partial charge in [0.25, 0.3) is 0 Å². The number of rotatable bonds is 8. The zero-order valence-electron chi connectivity index (χ0n) is 17.4. The van der Waals surface area contributed by atoms with Crippen LogP contribution in [0.4, 0.5) is 10.8 Å². The number of carbonyl (C=O) groups excluding carboxylic acids is 1. The van der Waals surface area contributed by atoms with Crippen LogP contribution >= 0.6 is 11.3 Å². The fraction of sp³-hybridized carbons (Fsp3) is 0.524. The van der Waals surface area contributed by atoms with Crippen LogP contribution in [0.5, 0.6) is 11.5 Å². The lowest BCUT2D eigenvalue weighted by molar-refractivity contribution is -0.117. The molecular formula is C21H30N4O3S. The summed E-state index contributed by atoms with van der Waals surface area (Å²) < 4.78 is 11.2. The molecule has 0 unspecified atom stereocenters. The Hall–Kier alpha value is -2.32. The molecule has 29 heavy (non-hydrogen) atoms. The lowest BCUT2D eigenvalue weighted by Gasteiger charge is -2.21. The zero-order valence-corrected chi connectivity index (χ0v) is 18.3. The van der Waals surface area contributed by atoms with E-state index in [1.165, 1.54) is 0 Å². The van der Waals surface area contributed by atoms with Gasteiger partial charge >= 0.3 is 0 Å². The predicted octanol–water partition coefficient (Wildman–Crippen LogP) is 3.40. The van der Waals surface area contributed by atoms with Crippen molar-refractivity contribution < 1.29 is 14.3 Å². The van der Waals surface area contributed by atoms with Crippen LogP contribution in [0.2, 0.25) is 0 Å². The second-order valence-electron chi connectivity index (χ2n) is 6.96. The summed E-state index contributed by atoms with van der Waals surface area (Å²) in [4.78, 5) is 21.8. The molecule has 1 N–H and O–H groups in total. The maximum atomic E-state index is 12.7. The largest absolute Gasteiger partial charge is 0.494 e. The molecule has 0 spiro atoms. The highest BCUT2D eigenvalue weighted by molar-refractivity contribution is 7.13. The smallest absolute Gasteiger partial charge is 0.238 e. The van der Waals surface area contributed by atoms with Gasteiger partial charge in [0.2, 0.25) is 5.91 Å². The summed E-state index contributed by atoms with van der Waals surface area (Å²) in [5, 5.41) is 6.15. The number of anilines is 2. The van der Waals surface area contributed by atoms with Crippen LogP contribution in [-0.2, 0) is 4.79 Å². The van der Waals surface area contributed by atoms with Gasteiger partial charge in [-0.15, -0.1) is 11.3 Å². The number of ether oxygens (including phenoxy) is 2. The van der Waals surface area contributed by atoms with E-state index in [-0.39, 0.29) is 5.91 Å². The molecule has 1 amide bonds. The number of amides is 1. The average Bonchev–Trinajstić information content (AvgIpc) is 2.99. The molecule has 2 aromatic rings. The summed E-state index contributed by atoms with van der Waals surface area (Å²) in [6, 6.07) is 5.51. The first-order valence-electron chi connectivity index (χ1n) is 10.2. The molecule has 3 rings (SSSR count). The standard InChI is InChI=1S/C21H30N4O3S/c1-4-27-17-7-8-19(28-5-2)18(13-17)23-20(26)14-24-9-6-10-25(12-11-24)21-22-16(3)15-29-21/h7-8,13,15H,4-6,9-12,14H2,1-3H3,(H,23,26). The fourth-order valence-electron chi connectivity index (χ4n) is 3.34. The van der Waals surface area contributed by atoms with Crippen molar-refractivity contribution in [1.82, 2.24) is 9.88 Å². The van der Waals surface area contributed by atoms with Gasteiger partial charge in [-0.1, -0.05) is 0 Å². The van der Waals surface area contributed by atoms with Crippen LogP contribution in [0, 0.1) is 6.92 Å². The van der Waals surface area contributed by atoms with E-state index in [4.69, 9.17) is 9.47 Å². The number of aryl methyl sites for hydroxylation is 1. The Bertz CT molecular complexity index is 811. The van der Waals surface area contributed by atoms with Crippen molar-refractivity contribution in [2.75, 3.05) is 56.2 Å². The van der Waals surface area contributed by atoms with E-state index >= 15 is 0 Å². The number of nitrogens with zero attached hydrogens (tertiary/aromatic N) is 3. The highest BCUT2D eigenvalue weighted by Crippen LogP contribution is 2.29. The summed E-state index contributed by atoms with van der Waals surface area (Å²) in [7, 11) is 0. The molecule has 7 nitrogen and oxygen atoms in total. The van der Waals surface area contributed by atoms with Gasteiger partial charge in [0.1, 0.15) is 11.5 Å². The third-order valence-electron chi connectivity index (χ3n) is 4.67. The monoisotopic (exact) mass is 418 g/mol. The molecule has 158 valence electrons. The minimum absolute atomic E-state index is 0.0434. The third-order valence-corrected chi connectivity index (χ3v) is 5.69. The third kappa shape index (κ3) is 6.08. The van der Waals surface area contributed by atoms with Gasteiger partial charge in [-0.25, -0.2) is 4.98 Å². The minimum Gasteiger partial charge on any atom is -0.494 e. The van der Waals surface area contributed by atoms with Crippen molar-refractivity contribution in [3.8, 4) is 11.5 Å². The maximum Gasteiger partial charge on any atom is 0.238 e. The second kappa shape index (κ2) is 10.5.